The van der Waals surface area contributed by atoms with Gasteiger partial charge in [0.25, 0.3) is 0 Å². The van der Waals surface area contributed by atoms with E-state index >= 15 is 0 Å². The zero-order chi connectivity index (χ0) is 6.12. The molecule has 2 heteroatoms. The molecule has 0 bridgehead atoms. The van der Waals surface area contributed by atoms with Crippen LogP contribution in [0.1, 0.15) is 13.8 Å². The SMILES string of the molecule is C#N.C[CH2][Al][CH2]C. The summed E-state index contributed by atoms with van der Waals surface area (Å²) >= 11 is 0.815. The van der Waals surface area contributed by atoms with E-state index in [1.807, 2.05) is 0 Å². The Bertz CT molecular complexity index is 32.3. The Morgan fingerprint density at radius 1 is 1.29 bits per heavy atom. The molecule has 0 unspecified atom stereocenters. The van der Waals surface area contributed by atoms with Crippen LogP contribution in [-0.2, 0) is 0 Å². The third kappa shape index (κ3) is 23.8. The lowest BCUT2D eigenvalue weighted by atomic mass is 10.9. The number of rotatable bonds is 2. The molecule has 0 heterocycles. The highest BCUT2D eigenvalue weighted by molar-refractivity contribution is 6.34. The largest absolute Gasteiger partial charge is 0.202 e. The lowest BCUT2D eigenvalue weighted by Crippen LogP contribution is -1.76. The molecule has 0 fully saturated rings. The van der Waals surface area contributed by atoms with Crippen molar-refractivity contribution in [3.05, 3.63) is 0 Å². The maximum absolute atomic E-state index is 6.50. The van der Waals surface area contributed by atoms with Crippen molar-refractivity contribution in [1.82, 2.24) is 0 Å². The van der Waals surface area contributed by atoms with Crippen molar-refractivity contribution in [2.75, 3.05) is 0 Å². The van der Waals surface area contributed by atoms with Gasteiger partial charge in [0.2, 0.25) is 0 Å². The molecule has 0 aromatic carbocycles. The Morgan fingerprint density at radius 3 is 1.57 bits per heavy atom. The molecule has 0 saturated heterocycles. The summed E-state index contributed by atoms with van der Waals surface area (Å²) in [6.07, 6.45) is 0. The second-order valence-electron chi connectivity index (χ2n) is 1.11. The van der Waals surface area contributed by atoms with E-state index in [-0.39, 0.29) is 0 Å². The quantitative estimate of drug-likeness (QED) is 0.499. The summed E-state index contributed by atoms with van der Waals surface area (Å²) in [5, 5.41) is 9.35. The first-order chi connectivity index (χ1) is 3.41. The second-order valence-corrected chi connectivity index (χ2v) is 3.32. The maximum Gasteiger partial charge on any atom is 0.198 e. The van der Waals surface area contributed by atoms with Gasteiger partial charge in [-0.3, -0.25) is 0 Å². The Morgan fingerprint density at radius 2 is 1.57 bits per heavy atom. The van der Waals surface area contributed by atoms with Crippen molar-refractivity contribution in [3.63, 3.8) is 0 Å². The predicted octanol–water partition coefficient (Wildman–Crippen LogP) is 1.71. The molecule has 0 aliphatic heterocycles. The molecule has 0 atom stereocenters. The van der Waals surface area contributed by atoms with Crippen LogP contribution < -0.4 is 0 Å². The Hall–Kier alpha value is 0.0225. The highest BCUT2D eigenvalue weighted by Gasteiger charge is 1.74. The average Bonchev–Trinajstić information content (AvgIpc) is 1.75. The summed E-state index contributed by atoms with van der Waals surface area (Å²) in [6.45, 7) is 8.00. The summed E-state index contributed by atoms with van der Waals surface area (Å²) < 4.78 is 0. The van der Waals surface area contributed by atoms with Crippen molar-refractivity contribution in [3.8, 4) is 6.57 Å². The van der Waals surface area contributed by atoms with Crippen molar-refractivity contribution >= 4 is 15.2 Å². The molecule has 7 heavy (non-hydrogen) atoms. The zero-order valence-electron chi connectivity index (χ0n) is 5.02. The average molecular weight is 112 g/mol. The first-order valence-electron chi connectivity index (χ1n) is 2.49. The first-order valence-corrected chi connectivity index (χ1v) is 4.12. The van der Waals surface area contributed by atoms with Crippen LogP contribution in [0.3, 0.4) is 0 Å². The number of hydrogen-bond acceptors (Lipinski definition) is 1. The topological polar surface area (TPSA) is 23.8 Å². The minimum absolute atomic E-state index is 0.815. The van der Waals surface area contributed by atoms with Crippen LogP contribution in [-0.4, -0.2) is 15.2 Å². The van der Waals surface area contributed by atoms with Gasteiger partial charge in [0.05, 0.1) is 0 Å². The molecule has 0 amide bonds. The highest BCUT2D eigenvalue weighted by Crippen LogP contribution is 1.77. The summed E-state index contributed by atoms with van der Waals surface area (Å²) in [5.74, 6) is 0. The molecule has 0 aliphatic rings. The van der Waals surface area contributed by atoms with Gasteiger partial charge in [-0.15, -0.1) is 10.6 Å². The van der Waals surface area contributed by atoms with Gasteiger partial charge >= 0.3 is 0 Å². The van der Waals surface area contributed by atoms with Crippen LogP contribution in [0.15, 0.2) is 0 Å². The van der Waals surface area contributed by atoms with E-state index < -0.39 is 0 Å². The second kappa shape index (κ2) is 16.6. The van der Waals surface area contributed by atoms with Crippen molar-refractivity contribution in [2.45, 2.75) is 24.4 Å². The summed E-state index contributed by atoms with van der Waals surface area (Å²) in [7, 11) is 0. The fraction of sp³-hybridized carbons (Fsp3) is 0.800. The molecule has 39 valence electrons. The lowest BCUT2D eigenvalue weighted by molar-refractivity contribution is 1.36. The summed E-state index contributed by atoms with van der Waals surface area (Å²) in [4.78, 5) is 0. The smallest absolute Gasteiger partial charge is 0.198 e. The minimum Gasteiger partial charge on any atom is -0.202 e. The van der Waals surface area contributed by atoms with Crippen LogP contribution in [0.2, 0.25) is 10.6 Å². The van der Waals surface area contributed by atoms with Gasteiger partial charge in [0, 0.05) is 6.57 Å². The molecule has 0 aliphatic carbocycles. The summed E-state index contributed by atoms with van der Waals surface area (Å²) in [6, 6.07) is 0. The number of hydrogen-bond donors (Lipinski definition) is 0. The third-order valence-corrected chi connectivity index (χ3v) is 1.73. The van der Waals surface area contributed by atoms with Crippen molar-refractivity contribution < 1.29 is 0 Å². The standard InChI is InChI=1S/2C2H5.CHN.Al/c3*1-2;/h2*1H2,2H3;1H;. The van der Waals surface area contributed by atoms with E-state index in [1.165, 1.54) is 10.6 Å². The Kier molecular flexibility index (Phi) is 24.0. The van der Waals surface area contributed by atoms with E-state index in [9.17, 15) is 0 Å². The normalized spacial score (nSPS) is 5.71. The van der Waals surface area contributed by atoms with Crippen LogP contribution in [0, 0.1) is 11.8 Å². The number of nitriles is 1. The number of nitrogens with zero attached hydrogens (tertiary/aromatic N) is 1. The minimum atomic E-state index is 0.815. The molecule has 0 spiro atoms. The first kappa shape index (κ1) is 10.1. The molecule has 0 N–H and O–H groups in total. The molecule has 1 nitrogen and oxygen atoms in total. The van der Waals surface area contributed by atoms with E-state index in [4.69, 9.17) is 5.26 Å². The van der Waals surface area contributed by atoms with E-state index in [0.29, 0.717) is 0 Å². The van der Waals surface area contributed by atoms with E-state index in [2.05, 4.69) is 20.4 Å². The molecular weight excluding hydrogens is 101 g/mol. The zero-order valence-corrected chi connectivity index (χ0v) is 6.17. The Balaban J connectivity index is 0. The molecule has 0 rings (SSSR count). The van der Waals surface area contributed by atoms with E-state index in [1.54, 1.807) is 0 Å². The lowest BCUT2D eigenvalue weighted by Gasteiger charge is -1.74. The molecule has 0 aromatic heterocycles. The van der Waals surface area contributed by atoms with E-state index in [0.717, 1.165) is 15.2 Å². The third-order valence-electron chi connectivity index (χ3n) is 0.577. The van der Waals surface area contributed by atoms with Crippen LogP contribution in [0.5, 0.6) is 0 Å². The van der Waals surface area contributed by atoms with Gasteiger partial charge < -0.3 is 0 Å². The van der Waals surface area contributed by atoms with Gasteiger partial charge in [-0.2, -0.15) is 0 Å². The van der Waals surface area contributed by atoms with Gasteiger partial charge in [-0.25, -0.2) is 5.26 Å². The molecular formula is C5H11AlN. The molecule has 1 radical (unpaired) electrons. The van der Waals surface area contributed by atoms with Gasteiger partial charge in [0.15, 0.2) is 15.2 Å². The molecule has 0 aromatic rings. The van der Waals surface area contributed by atoms with Gasteiger partial charge in [-0.1, -0.05) is 13.8 Å². The highest BCUT2D eigenvalue weighted by atomic mass is 27.1. The molecule has 0 saturated carbocycles. The van der Waals surface area contributed by atoms with Crippen molar-refractivity contribution in [2.24, 2.45) is 0 Å². The van der Waals surface area contributed by atoms with Gasteiger partial charge in [0.1, 0.15) is 0 Å². The van der Waals surface area contributed by atoms with Crippen molar-refractivity contribution in [1.29, 1.82) is 5.26 Å². The monoisotopic (exact) mass is 112 g/mol. The predicted molar refractivity (Wildman–Crippen MR) is 33.4 cm³/mol. The van der Waals surface area contributed by atoms with Crippen LogP contribution >= 0.6 is 0 Å². The maximum atomic E-state index is 6.50. The fourth-order valence-electron chi connectivity index (χ4n) is 0.289. The van der Waals surface area contributed by atoms with Gasteiger partial charge in [-0.05, 0) is 0 Å². The van der Waals surface area contributed by atoms with Crippen LogP contribution in [0.25, 0.3) is 0 Å². The van der Waals surface area contributed by atoms with Crippen LogP contribution in [0.4, 0.5) is 0 Å². The fourth-order valence-corrected chi connectivity index (χ4v) is 0.866. The Labute approximate surface area is 52.1 Å². The summed E-state index contributed by atoms with van der Waals surface area (Å²) in [5.41, 5.74) is 0.